The number of ether oxygens (including phenoxy) is 3. The number of nitrogens with one attached hydrogen (secondary N) is 1. The predicted molar refractivity (Wildman–Crippen MR) is 216 cm³/mol. The number of carbonyl (C=O) groups excluding carboxylic acids is 1. The summed E-state index contributed by atoms with van der Waals surface area (Å²) in [5.74, 6) is -0.0455. The summed E-state index contributed by atoms with van der Waals surface area (Å²) in [5, 5.41) is 14.5. The van der Waals surface area contributed by atoms with E-state index in [0.29, 0.717) is 12.2 Å². The van der Waals surface area contributed by atoms with Gasteiger partial charge in [0.25, 0.3) is 14.4 Å². The van der Waals surface area contributed by atoms with E-state index in [0.717, 1.165) is 25.4 Å². The Morgan fingerprint density at radius 2 is 1.72 bits per heavy atom. The Morgan fingerprint density at radius 1 is 1.02 bits per heavy atom. The summed E-state index contributed by atoms with van der Waals surface area (Å²) in [6, 6.07) is 33.5. The molecule has 0 radical (unpaired) electrons. The van der Waals surface area contributed by atoms with E-state index in [9.17, 15) is 4.79 Å². The lowest BCUT2D eigenvalue weighted by atomic mass is 10.1. The number of nitriles is 1. The number of hydrogen-bond donors (Lipinski definition) is 1. The molecule has 3 saturated heterocycles. The van der Waals surface area contributed by atoms with E-state index in [1.54, 1.807) is 24.3 Å². The van der Waals surface area contributed by atoms with Crippen LogP contribution in [0.2, 0.25) is 12.6 Å². The second kappa shape index (κ2) is 17.4. The van der Waals surface area contributed by atoms with Crippen LogP contribution in [0.1, 0.15) is 38.8 Å². The van der Waals surface area contributed by atoms with Crippen molar-refractivity contribution in [3.05, 3.63) is 97.3 Å². The molecule has 0 aliphatic carbocycles. The molecule has 1 N–H and O–H groups in total. The third-order valence-corrected chi connectivity index (χ3v) is 17.2. The van der Waals surface area contributed by atoms with Gasteiger partial charge in [-0.15, -0.1) is 0 Å². The van der Waals surface area contributed by atoms with E-state index < -0.39 is 47.1 Å². The number of rotatable bonds is 15. The van der Waals surface area contributed by atoms with Crippen molar-refractivity contribution >= 4 is 50.0 Å². The van der Waals surface area contributed by atoms with Crippen LogP contribution in [0, 0.1) is 11.3 Å². The molecule has 0 bridgehead atoms. The minimum Gasteiger partial charge on any atom is -0.484 e. The molecule has 3 aliphatic rings. The maximum atomic E-state index is 17.0. The highest BCUT2D eigenvalue weighted by Crippen LogP contribution is 2.59. The molecule has 13 nitrogen and oxygen atoms in total. The fourth-order valence-corrected chi connectivity index (χ4v) is 14.0. The van der Waals surface area contributed by atoms with Crippen molar-refractivity contribution in [1.82, 2.24) is 24.2 Å². The van der Waals surface area contributed by atoms with Gasteiger partial charge in [-0.25, -0.2) is 14.0 Å². The SMILES string of the molecule is CC[C@H]1O[C@@H](n2cnc3c(OCCC#N)nc(NC(=O)COc4ccccc4)nc32)[C@@H](F)C1O[P@@]1O[C@H](C[Si](C)(c2ccccc2)c2ccccc2)[C@@H]2CCCN21. The molecule has 2 aromatic heterocycles. The van der Waals surface area contributed by atoms with Crippen LogP contribution >= 0.6 is 8.53 Å². The number of benzene rings is 3. The number of para-hydroxylation sites is 1. The van der Waals surface area contributed by atoms with Crippen LogP contribution < -0.4 is 25.2 Å². The van der Waals surface area contributed by atoms with Gasteiger partial charge in [0.1, 0.15) is 26.5 Å². The fraction of sp³-hybridized carbons (Fsp3) is 0.390. The van der Waals surface area contributed by atoms with E-state index in [1.807, 2.05) is 19.1 Å². The Hall–Kier alpha value is -4.81. The van der Waals surface area contributed by atoms with Crippen LogP contribution in [-0.4, -0.2) is 88.5 Å². The number of amides is 1. The van der Waals surface area contributed by atoms with Crippen molar-refractivity contribution < 1.29 is 32.4 Å². The number of halogens is 1. The molecule has 0 spiro atoms. The molecule has 5 heterocycles. The predicted octanol–water partition coefficient (Wildman–Crippen LogP) is 6.15. The van der Waals surface area contributed by atoms with Crippen molar-refractivity contribution in [2.45, 2.75) is 82.0 Å². The first-order valence-corrected chi connectivity index (χ1v) is 23.2. The Bertz CT molecular complexity index is 2150. The number of hydrogen-bond acceptors (Lipinski definition) is 11. The van der Waals surface area contributed by atoms with Gasteiger partial charge in [-0.2, -0.15) is 15.2 Å². The summed E-state index contributed by atoms with van der Waals surface area (Å²) in [5.41, 5.74) is 0.419. The van der Waals surface area contributed by atoms with E-state index in [4.69, 9.17) is 28.5 Å². The summed E-state index contributed by atoms with van der Waals surface area (Å²) in [7, 11) is -3.80. The fourth-order valence-electron chi connectivity index (χ4n) is 8.01. The average molecular weight is 810 g/mol. The number of fused-ring (bicyclic) bond motifs is 2. The van der Waals surface area contributed by atoms with Gasteiger partial charge in [0.15, 0.2) is 30.2 Å². The highest BCUT2D eigenvalue weighted by Gasteiger charge is 2.54. The molecule has 296 valence electrons. The van der Waals surface area contributed by atoms with Crippen LogP contribution in [-0.2, 0) is 18.6 Å². The molecule has 7 atom stereocenters. The van der Waals surface area contributed by atoms with Crippen molar-refractivity contribution in [3.8, 4) is 17.7 Å². The first kappa shape index (κ1) is 39.0. The molecule has 1 amide bonds. The first-order valence-electron chi connectivity index (χ1n) is 19.4. The minimum atomic E-state index is -2.24. The van der Waals surface area contributed by atoms with E-state index >= 15 is 4.39 Å². The van der Waals surface area contributed by atoms with Gasteiger partial charge in [-0.05, 0) is 37.4 Å². The van der Waals surface area contributed by atoms with Crippen LogP contribution in [0.25, 0.3) is 11.2 Å². The van der Waals surface area contributed by atoms with E-state index in [1.165, 1.54) is 21.3 Å². The lowest BCUT2D eigenvalue weighted by Gasteiger charge is -2.32. The number of nitrogens with zero attached hydrogens (tertiary/aromatic N) is 6. The second-order valence-electron chi connectivity index (χ2n) is 14.6. The molecule has 57 heavy (non-hydrogen) atoms. The maximum Gasteiger partial charge on any atom is 0.264 e. The molecule has 3 aromatic carbocycles. The molecular weight excluding hydrogens is 765 g/mol. The van der Waals surface area contributed by atoms with Crippen molar-refractivity contribution in [1.29, 1.82) is 5.26 Å². The molecular formula is C41H45FN7O6PSi. The number of imidazole rings is 1. The van der Waals surface area contributed by atoms with E-state index in [-0.39, 0.29) is 54.8 Å². The Morgan fingerprint density at radius 3 is 2.40 bits per heavy atom. The van der Waals surface area contributed by atoms with Gasteiger partial charge in [0.05, 0.1) is 31.0 Å². The first-order chi connectivity index (χ1) is 27.9. The Labute approximate surface area is 333 Å². The number of carbonyl (C=O) groups is 1. The second-order valence-corrected chi connectivity index (χ2v) is 20.2. The quantitative estimate of drug-likeness (QED) is 0.0739. The third kappa shape index (κ3) is 8.16. The van der Waals surface area contributed by atoms with Crippen molar-refractivity contribution in [2.24, 2.45) is 0 Å². The van der Waals surface area contributed by atoms with Crippen LogP contribution in [0.5, 0.6) is 11.6 Å². The molecule has 3 aliphatic heterocycles. The van der Waals surface area contributed by atoms with Crippen LogP contribution in [0.3, 0.4) is 0 Å². The highest BCUT2D eigenvalue weighted by atomic mass is 31.2. The smallest absolute Gasteiger partial charge is 0.264 e. The maximum absolute atomic E-state index is 17.0. The third-order valence-electron chi connectivity index (χ3n) is 10.9. The zero-order valence-electron chi connectivity index (χ0n) is 31.8. The van der Waals surface area contributed by atoms with Gasteiger partial charge < -0.3 is 23.3 Å². The van der Waals surface area contributed by atoms with Crippen molar-refractivity contribution in [2.75, 3.05) is 25.1 Å². The number of aromatic nitrogens is 4. The summed E-state index contributed by atoms with van der Waals surface area (Å²) >= 11 is 0. The average Bonchev–Trinajstić information content (AvgIpc) is 4.03. The topological polar surface area (TPSA) is 146 Å². The van der Waals surface area contributed by atoms with Gasteiger partial charge in [-0.1, -0.05) is 103 Å². The zero-order chi connectivity index (χ0) is 39.4. The summed E-state index contributed by atoms with van der Waals surface area (Å²) in [6.07, 6.45) is -0.274. The molecule has 16 heteroatoms. The van der Waals surface area contributed by atoms with Crippen LogP contribution in [0.4, 0.5) is 10.3 Å². The van der Waals surface area contributed by atoms with Gasteiger partial charge in [-0.3, -0.25) is 14.7 Å². The Balaban J connectivity index is 1.02. The highest BCUT2D eigenvalue weighted by molar-refractivity contribution is 7.45. The number of anilines is 1. The molecule has 8 rings (SSSR count). The largest absolute Gasteiger partial charge is 0.484 e. The standard InChI is InChI=1S/C41H45FN7O6PSi/c1-3-32-37(55-56-49-23-13-21-31(49)33(54-56)26-57(2,29-17-9-5-10-18-29)30-19-11-6-12-20-30)35(42)40(53-32)48-27-44-36-38(48)46-41(47-39(36)51-24-14-22-43)45-34(50)25-52-28-15-7-4-8-16-28/h4-12,15-20,27,31-33,35,37,40H,3,13-14,21,23-26H2,1-2H3,(H,45,46,47,50)/t31-,32+,33+,35-,37?,40+,56+/m0/s1. The lowest BCUT2D eigenvalue weighted by molar-refractivity contribution is -0.118. The molecule has 3 fully saturated rings. The monoisotopic (exact) mass is 809 g/mol. The molecule has 5 aromatic rings. The number of alkyl halides is 1. The molecule has 0 saturated carbocycles. The summed E-state index contributed by atoms with van der Waals surface area (Å²) < 4.78 is 52.1. The molecule has 1 unspecified atom stereocenters. The Kier molecular flexibility index (Phi) is 11.9. The van der Waals surface area contributed by atoms with Gasteiger partial charge >= 0.3 is 0 Å². The normalized spacial score (nSPS) is 24.6. The minimum absolute atomic E-state index is 0.0276. The van der Waals surface area contributed by atoms with Crippen molar-refractivity contribution in [3.63, 3.8) is 0 Å². The summed E-state index contributed by atoms with van der Waals surface area (Å²) in [4.78, 5) is 26.3. The van der Waals surface area contributed by atoms with E-state index in [2.05, 4.69) is 92.1 Å². The van der Waals surface area contributed by atoms with Gasteiger partial charge in [0.2, 0.25) is 11.8 Å². The lowest BCUT2D eigenvalue weighted by Crippen LogP contribution is -2.58. The zero-order valence-corrected chi connectivity index (χ0v) is 33.7. The van der Waals surface area contributed by atoms with Crippen LogP contribution in [0.15, 0.2) is 97.3 Å². The van der Waals surface area contributed by atoms with Gasteiger partial charge in [0, 0.05) is 12.6 Å². The summed E-state index contributed by atoms with van der Waals surface area (Å²) in [6.45, 7) is 4.91.